The molecule has 0 atom stereocenters. The Bertz CT molecular complexity index is 201. The van der Waals surface area contributed by atoms with Gasteiger partial charge in [0.1, 0.15) is 0 Å². The molecule has 0 aromatic rings. The molecule has 0 fully saturated rings. The first-order chi connectivity index (χ1) is 4.79. The van der Waals surface area contributed by atoms with Crippen molar-refractivity contribution in [3.63, 3.8) is 0 Å². The lowest BCUT2D eigenvalue weighted by atomic mass is 10.2. The van der Waals surface area contributed by atoms with Gasteiger partial charge >= 0.3 is 0 Å². The molecule has 1 rings (SSSR count). The summed E-state index contributed by atoms with van der Waals surface area (Å²) in [5, 5.41) is 2.06. The Labute approximate surface area is 65.7 Å². The third kappa shape index (κ3) is 2.31. The number of rotatable bonds is 0. The summed E-state index contributed by atoms with van der Waals surface area (Å²) in [5.74, 6) is 1.05. The molecule has 0 unspecified atom stereocenters. The van der Waals surface area contributed by atoms with Gasteiger partial charge in [0.15, 0.2) is 0 Å². The molecule has 1 nitrogen and oxygen atoms in total. The Hall–Kier alpha value is -0.630. The lowest BCUT2D eigenvalue weighted by molar-refractivity contribution is 1.33. The molecular weight excluding hydrogens is 142 g/mol. The second-order valence-corrected chi connectivity index (χ2v) is 3.19. The summed E-state index contributed by atoms with van der Waals surface area (Å²) < 4.78 is 0. The van der Waals surface area contributed by atoms with Crippen LogP contribution >= 0.6 is 11.8 Å². The van der Waals surface area contributed by atoms with Crippen LogP contribution in [0.1, 0.15) is 6.92 Å². The van der Waals surface area contributed by atoms with E-state index in [4.69, 9.17) is 5.73 Å². The maximum Gasteiger partial charge on any atom is 0.0313 e. The lowest BCUT2D eigenvalue weighted by Crippen LogP contribution is -1.95. The highest BCUT2D eigenvalue weighted by molar-refractivity contribution is 8.02. The van der Waals surface area contributed by atoms with Gasteiger partial charge in [0, 0.05) is 11.4 Å². The molecule has 2 N–H and O–H groups in total. The number of allylic oxidation sites excluding steroid dienone is 3. The minimum atomic E-state index is 0.842. The van der Waals surface area contributed by atoms with Crippen molar-refractivity contribution in [3.05, 3.63) is 34.9 Å². The molecule has 0 aromatic heterocycles. The van der Waals surface area contributed by atoms with Crippen LogP contribution in [0.5, 0.6) is 0 Å². The molecule has 0 spiro atoms. The third-order valence-corrected chi connectivity index (χ3v) is 2.16. The van der Waals surface area contributed by atoms with Crippen LogP contribution in [0.15, 0.2) is 34.9 Å². The zero-order valence-electron chi connectivity index (χ0n) is 6.00. The Kier molecular flexibility index (Phi) is 2.63. The van der Waals surface area contributed by atoms with Crippen molar-refractivity contribution in [2.24, 2.45) is 5.73 Å². The topological polar surface area (TPSA) is 26.0 Å². The molecular formula is C8H11NS. The highest BCUT2D eigenvalue weighted by atomic mass is 32.2. The minimum Gasteiger partial charge on any atom is -0.399 e. The van der Waals surface area contributed by atoms with Crippen molar-refractivity contribution in [2.75, 3.05) is 5.75 Å². The van der Waals surface area contributed by atoms with Gasteiger partial charge in [-0.3, -0.25) is 0 Å². The van der Waals surface area contributed by atoms with Gasteiger partial charge < -0.3 is 5.73 Å². The number of nitrogens with two attached hydrogens (primary N) is 1. The van der Waals surface area contributed by atoms with E-state index >= 15 is 0 Å². The normalized spacial score (nSPS) is 32.5. The first-order valence-corrected chi connectivity index (χ1v) is 4.25. The van der Waals surface area contributed by atoms with E-state index in [-0.39, 0.29) is 0 Å². The minimum absolute atomic E-state index is 0.842. The molecule has 0 bridgehead atoms. The van der Waals surface area contributed by atoms with E-state index in [1.165, 1.54) is 5.57 Å². The molecule has 54 valence electrons. The molecule has 2 heteroatoms. The standard InChI is InChI=1S/C8H11NS/c1-7-5-8(9)3-2-4-10-6-7/h2-5H,6,9H2,1H3/b4-2-,7-5-,8-3+. The Morgan fingerprint density at radius 3 is 3.20 bits per heavy atom. The fourth-order valence-electron chi connectivity index (χ4n) is 0.760. The van der Waals surface area contributed by atoms with Gasteiger partial charge in [-0.2, -0.15) is 0 Å². The molecule has 0 amide bonds. The monoisotopic (exact) mass is 153 g/mol. The maximum absolute atomic E-state index is 5.62. The summed E-state index contributed by atoms with van der Waals surface area (Å²) in [6.07, 6.45) is 5.90. The van der Waals surface area contributed by atoms with Crippen LogP contribution in [0.4, 0.5) is 0 Å². The molecule has 1 aliphatic rings. The zero-order valence-corrected chi connectivity index (χ0v) is 6.82. The fraction of sp³-hybridized carbons (Fsp3) is 0.250. The van der Waals surface area contributed by atoms with Crippen LogP contribution in [-0.4, -0.2) is 5.75 Å². The van der Waals surface area contributed by atoms with Crippen molar-refractivity contribution in [1.82, 2.24) is 0 Å². The van der Waals surface area contributed by atoms with Crippen LogP contribution in [-0.2, 0) is 0 Å². The van der Waals surface area contributed by atoms with Gasteiger partial charge in [-0.05, 0) is 24.5 Å². The number of hydrogen-bond acceptors (Lipinski definition) is 2. The summed E-state index contributed by atoms with van der Waals surface area (Å²) in [6, 6.07) is 0. The predicted molar refractivity (Wildman–Crippen MR) is 47.6 cm³/mol. The van der Waals surface area contributed by atoms with Gasteiger partial charge in [0.2, 0.25) is 0 Å². The summed E-state index contributed by atoms with van der Waals surface area (Å²) in [6.45, 7) is 2.09. The van der Waals surface area contributed by atoms with E-state index in [0.29, 0.717) is 0 Å². The summed E-state index contributed by atoms with van der Waals surface area (Å²) >= 11 is 1.79. The van der Waals surface area contributed by atoms with Crippen LogP contribution in [0.2, 0.25) is 0 Å². The second kappa shape index (κ2) is 3.52. The average Bonchev–Trinajstić information content (AvgIpc) is 1.83. The van der Waals surface area contributed by atoms with E-state index in [2.05, 4.69) is 12.3 Å². The van der Waals surface area contributed by atoms with Crippen LogP contribution in [0.25, 0.3) is 0 Å². The Morgan fingerprint density at radius 1 is 1.60 bits per heavy atom. The van der Waals surface area contributed by atoms with E-state index in [9.17, 15) is 0 Å². The Morgan fingerprint density at radius 2 is 2.40 bits per heavy atom. The number of thioether (sulfide) groups is 1. The molecule has 0 radical (unpaired) electrons. The number of hydrogen-bond donors (Lipinski definition) is 1. The van der Waals surface area contributed by atoms with E-state index in [1.54, 1.807) is 11.8 Å². The van der Waals surface area contributed by atoms with Gasteiger partial charge in [-0.1, -0.05) is 11.6 Å². The van der Waals surface area contributed by atoms with Crippen LogP contribution in [0, 0.1) is 0 Å². The fourth-order valence-corrected chi connectivity index (χ4v) is 1.39. The van der Waals surface area contributed by atoms with Crippen LogP contribution < -0.4 is 5.73 Å². The van der Waals surface area contributed by atoms with Crippen molar-refractivity contribution >= 4 is 11.8 Å². The quantitative estimate of drug-likeness (QED) is 0.576. The molecule has 0 saturated carbocycles. The van der Waals surface area contributed by atoms with Crippen LogP contribution in [0.3, 0.4) is 0 Å². The van der Waals surface area contributed by atoms with Gasteiger partial charge in [-0.15, -0.1) is 11.8 Å². The van der Waals surface area contributed by atoms with Crippen molar-refractivity contribution in [2.45, 2.75) is 6.92 Å². The van der Waals surface area contributed by atoms with Crippen molar-refractivity contribution in [1.29, 1.82) is 0 Å². The summed E-state index contributed by atoms with van der Waals surface area (Å²) in [5.41, 5.74) is 7.78. The first kappa shape index (κ1) is 7.48. The predicted octanol–water partition coefficient (Wildman–Crippen LogP) is 2.04. The molecule has 0 saturated heterocycles. The third-order valence-electron chi connectivity index (χ3n) is 1.19. The highest BCUT2D eigenvalue weighted by Crippen LogP contribution is 2.12. The summed E-state index contributed by atoms with van der Waals surface area (Å²) in [4.78, 5) is 0. The van der Waals surface area contributed by atoms with E-state index in [1.807, 2.05) is 18.2 Å². The molecule has 10 heavy (non-hydrogen) atoms. The average molecular weight is 153 g/mol. The Balaban J connectivity index is 2.77. The summed E-state index contributed by atoms with van der Waals surface area (Å²) in [7, 11) is 0. The SMILES string of the molecule is C/C1=C/C(N)=C\C=C/SC1. The smallest absolute Gasteiger partial charge is 0.0313 e. The molecule has 1 aliphatic heterocycles. The van der Waals surface area contributed by atoms with Gasteiger partial charge in [-0.25, -0.2) is 0 Å². The maximum atomic E-state index is 5.62. The highest BCUT2D eigenvalue weighted by Gasteiger charge is 1.91. The largest absolute Gasteiger partial charge is 0.399 e. The molecule has 1 heterocycles. The second-order valence-electron chi connectivity index (χ2n) is 2.30. The first-order valence-electron chi connectivity index (χ1n) is 3.20. The zero-order chi connectivity index (χ0) is 7.40. The lowest BCUT2D eigenvalue weighted by Gasteiger charge is -2.00. The molecule has 0 aromatic carbocycles. The van der Waals surface area contributed by atoms with Gasteiger partial charge in [0.25, 0.3) is 0 Å². The van der Waals surface area contributed by atoms with Gasteiger partial charge in [0.05, 0.1) is 0 Å². The van der Waals surface area contributed by atoms with E-state index in [0.717, 1.165) is 11.4 Å². The molecule has 0 aliphatic carbocycles. The van der Waals surface area contributed by atoms with Crippen molar-refractivity contribution in [3.8, 4) is 0 Å². The van der Waals surface area contributed by atoms with Crippen molar-refractivity contribution < 1.29 is 0 Å². The van der Waals surface area contributed by atoms with E-state index < -0.39 is 0 Å².